The molecule has 5 rings (SSSR count). The first kappa shape index (κ1) is 19.1. The third-order valence-electron chi connectivity index (χ3n) is 5.91. The van der Waals surface area contributed by atoms with E-state index in [0.29, 0.717) is 0 Å². The van der Waals surface area contributed by atoms with Gasteiger partial charge in [-0.25, -0.2) is 0 Å². The van der Waals surface area contributed by atoms with Crippen LogP contribution in [0.5, 0.6) is 0 Å². The average molecular weight is 400 g/mol. The van der Waals surface area contributed by atoms with Crippen LogP contribution in [0.2, 0.25) is 0 Å². The van der Waals surface area contributed by atoms with Crippen LogP contribution in [0.25, 0.3) is 21.9 Å². The summed E-state index contributed by atoms with van der Waals surface area (Å²) in [4.78, 5) is 2.36. The van der Waals surface area contributed by atoms with Crippen LogP contribution in [-0.4, -0.2) is 0 Å². The van der Waals surface area contributed by atoms with Crippen molar-refractivity contribution in [3.63, 3.8) is 0 Å². The van der Waals surface area contributed by atoms with Gasteiger partial charge in [0.25, 0.3) is 0 Å². The lowest BCUT2D eigenvalue weighted by atomic mass is 9.89. The molecule has 0 fully saturated rings. The van der Waals surface area contributed by atoms with Crippen molar-refractivity contribution in [2.75, 3.05) is 4.90 Å². The lowest BCUT2D eigenvalue weighted by Crippen LogP contribution is -2.11. The molecule has 5 aromatic rings. The van der Waals surface area contributed by atoms with Gasteiger partial charge in [0.15, 0.2) is 0 Å². The van der Waals surface area contributed by atoms with Crippen LogP contribution >= 0.6 is 0 Å². The van der Waals surface area contributed by atoms with Gasteiger partial charge in [-0.05, 0) is 71.6 Å². The Bertz CT molecular complexity index is 1300. The Morgan fingerprint density at radius 3 is 1.71 bits per heavy atom. The summed E-state index contributed by atoms with van der Waals surface area (Å²) in [6.07, 6.45) is 0. The van der Waals surface area contributed by atoms with Crippen molar-refractivity contribution >= 4 is 27.8 Å². The molecule has 0 saturated heterocycles. The van der Waals surface area contributed by atoms with Crippen LogP contribution in [0.15, 0.2) is 115 Å². The predicted molar refractivity (Wildman–Crippen MR) is 134 cm³/mol. The Hall–Kier alpha value is -3.84. The van der Waals surface area contributed by atoms with E-state index in [-0.39, 0.29) is 0 Å². The van der Waals surface area contributed by atoms with Gasteiger partial charge in [-0.1, -0.05) is 84.9 Å². The number of para-hydroxylation sites is 2. The second-order valence-electron chi connectivity index (χ2n) is 7.95. The number of anilines is 3. The number of nitrogens with zero attached hydrogens (tertiary/aromatic N) is 1. The first-order valence-electron chi connectivity index (χ1n) is 10.7. The van der Waals surface area contributed by atoms with Crippen molar-refractivity contribution in [1.29, 1.82) is 0 Å². The molecule has 0 radical (unpaired) electrons. The van der Waals surface area contributed by atoms with E-state index in [4.69, 9.17) is 0 Å². The van der Waals surface area contributed by atoms with Crippen molar-refractivity contribution in [2.45, 2.75) is 13.8 Å². The highest BCUT2D eigenvalue weighted by molar-refractivity contribution is 6.03. The van der Waals surface area contributed by atoms with Gasteiger partial charge in [0.1, 0.15) is 0 Å². The number of hydrogen-bond acceptors (Lipinski definition) is 1. The minimum Gasteiger partial charge on any atom is -0.310 e. The molecular weight excluding hydrogens is 374 g/mol. The van der Waals surface area contributed by atoms with Gasteiger partial charge in [-0.15, -0.1) is 0 Å². The molecule has 0 heterocycles. The Morgan fingerprint density at radius 2 is 1.03 bits per heavy atom. The molecule has 150 valence electrons. The van der Waals surface area contributed by atoms with Gasteiger partial charge in [0.2, 0.25) is 0 Å². The summed E-state index contributed by atoms with van der Waals surface area (Å²) in [5.41, 5.74) is 8.64. The summed E-state index contributed by atoms with van der Waals surface area (Å²) in [7, 11) is 0. The van der Waals surface area contributed by atoms with E-state index in [1.165, 1.54) is 38.7 Å². The van der Waals surface area contributed by atoms with E-state index in [1.54, 1.807) is 0 Å². The molecule has 0 aliphatic carbocycles. The van der Waals surface area contributed by atoms with Crippen LogP contribution < -0.4 is 4.90 Å². The van der Waals surface area contributed by atoms with Gasteiger partial charge in [-0.2, -0.15) is 0 Å². The van der Waals surface area contributed by atoms with Crippen LogP contribution in [0.1, 0.15) is 11.1 Å². The fraction of sp³-hybridized carbons (Fsp3) is 0.0667. The van der Waals surface area contributed by atoms with Crippen LogP contribution in [-0.2, 0) is 0 Å². The zero-order chi connectivity index (χ0) is 21.2. The van der Waals surface area contributed by atoms with E-state index in [1.807, 2.05) is 0 Å². The fourth-order valence-corrected chi connectivity index (χ4v) is 4.46. The minimum absolute atomic E-state index is 1.15. The zero-order valence-electron chi connectivity index (χ0n) is 17.9. The smallest absolute Gasteiger partial charge is 0.0543 e. The molecule has 0 spiro atoms. The Labute approximate surface area is 184 Å². The molecule has 0 aliphatic rings. The first-order valence-corrected chi connectivity index (χ1v) is 10.7. The molecule has 0 unspecified atom stereocenters. The highest BCUT2D eigenvalue weighted by Crippen LogP contribution is 2.44. The monoisotopic (exact) mass is 399 g/mol. The molecule has 31 heavy (non-hydrogen) atoms. The van der Waals surface area contributed by atoms with E-state index in [9.17, 15) is 0 Å². The van der Waals surface area contributed by atoms with E-state index < -0.39 is 0 Å². The van der Waals surface area contributed by atoms with Crippen molar-refractivity contribution in [2.24, 2.45) is 0 Å². The topological polar surface area (TPSA) is 3.24 Å². The lowest BCUT2D eigenvalue weighted by molar-refractivity contribution is 1.27. The number of rotatable bonds is 4. The van der Waals surface area contributed by atoms with Gasteiger partial charge >= 0.3 is 0 Å². The number of hydrogen-bond donors (Lipinski definition) is 0. The largest absolute Gasteiger partial charge is 0.310 e. The normalized spacial score (nSPS) is 10.9. The lowest BCUT2D eigenvalue weighted by Gasteiger charge is -2.29. The number of fused-ring (bicyclic) bond motifs is 1. The van der Waals surface area contributed by atoms with Crippen LogP contribution in [0.4, 0.5) is 17.1 Å². The van der Waals surface area contributed by atoms with Gasteiger partial charge in [0, 0.05) is 16.9 Å². The predicted octanol–water partition coefficient (Wildman–Crippen LogP) is 8.59. The maximum atomic E-state index is 2.36. The highest BCUT2D eigenvalue weighted by atomic mass is 15.1. The summed E-state index contributed by atoms with van der Waals surface area (Å²) in [6.45, 7) is 4.43. The molecule has 0 saturated carbocycles. The molecule has 0 amide bonds. The molecule has 0 aromatic heterocycles. The Balaban J connectivity index is 1.85. The summed E-state index contributed by atoms with van der Waals surface area (Å²) in [5, 5.41) is 2.56. The van der Waals surface area contributed by atoms with E-state index in [0.717, 1.165) is 11.4 Å². The van der Waals surface area contributed by atoms with Crippen molar-refractivity contribution in [3.05, 3.63) is 126 Å². The van der Waals surface area contributed by atoms with Crippen molar-refractivity contribution in [1.82, 2.24) is 0 Å². The maximum Gasteiger partial charge on any atom is 0.0543 e. The van der Waals surface area contributed by atoms with E-state index >= 15 is 0 Å². The third kappa shape index (κ3) is 3.49. The second-order valence-corrected chi connectivity index (χ2v) is 7.95. The maximum absolute atomic E-state index is 2.36. The summed E-state index contributed by atoms with van der Waals surface area (Å²) < 4.78 is 0. The first-order chi connectivity index (χ1) is 15.2. The quantitative estimate of drug-likeness (QED) is 0.292. The molecule has 0 atom stereocenters. The molecule has 1 nitrogen and oxygen atoms in total. The summed E-state index contributed by atoms with van der Waals surface area (Å²) in [6, 6.07) is 41.0. The summed E-state index contributed by atoms with van der Waals surface area (Å²) in [5.74, 6) is 0. The molecule has 5 aromatic carbocycles. The highest BCUT2D eigenvalue weighted by Gasteiger charge is 2.20. The molecule has 1 heteroatoms. The van der Waals surface area contributed by atoms with Gasteiger partial charge in [0.05, 0.1) is 5.69 Å². The third-order valence-corrected chi connectivity index (χ3v) is 5.91. The van der Waals surface area contributed by atoms with Crippen LogP contribution in [0, 0.1) is 13.8 Å². The molecular formula is C30H25N. The molecule has 0 N–H and O–H groups in total. The number of benzene rings is 5. The zero-order valence-corrected chi connectivity index (χ0v) is 17.9. The second kappa shape index (κ2) is 8.12. The Kier molecular flexibility index (Phi) is 5.01. The van der Waals surface area contributed by atoms with Crippen molar-refractivity contribution < 1.29 is 0 Å². The van der Waals surface area contributed by atoms with E-state index in [2.05, 4.69) is 134 Å². The standard InChI is InChI=1S/C30H25N/c1-22-12-11-19-28(30(22)29-23(2)20-21-24-13-9-10-18-27(24)29)31(25-14-5-3-6-15-25)26-16-7-4-8-17-26/h3-21H,1-2H3. The number of aryl methyl sites for hydroxylation is 2. The molecule has 0 bridgehead atoms. The van der Waals surface area contributed by atoms with Gasteiger partial charge < -0.3 is 4.90 Å². The van der Waals surface area contributed by atoms with Gasteiger partial charge in [-0.3, -0.25) is 0 Å². The summed E-state index contributed by atoms with van der Waals surface area (Å²) >= 11 is 0. The fourth-order valence-electron chi connectivity index (χ4n) is 4.46. The average Bonchev–Trinajstić information content (AvgIpc) is 2.82. The van der Waals surface area contributed by atoms with Crippen LogP contribution in [0.3, 0.4) is 0 Å². The minimum atomic E-state index is 1.15. The van der Waals surface area contributed by atoms with Crippen molar-refractivity contribution in [3.8, 4) is 11.1 Å². The molecule has 0 aliphatic heterocycles. The Morgan fingerprint density at radius 1 is 0.452 bits per heavy atom. The SMILES string of the molecule is Cc1cccc(N(c2ccccc2)c2ccccc2)c1-c1c(C)ccc2ccccc12.